The number of halogens is 3. The van der Waals surface area contributed by atoms with Crippen LogP contribution in [0.4, 0.5) is 13.2 Å². The minimum Gasteiger partial charge on any atom is -0.492 e. The molecule has 36 heavy (non-hydrogen) atoms. The van der Waals surface area contributed by atoms with E-state index in [-0.39, 0.29) is 29.4 Å². The molecule has 2 aliphatic rings. The SMILES string of the molecule is CC(C)CN1C(c2c(F)cc(OCCN3CC(CF)C3)cc2F)c2[nH]c3ccccc3c2CC1(C)C. The lowest BCUT2D eigenvalue weighted by atomic mass is 9.80. The number of alkyl halides is 1. The molecule has 0 amide bonds. The molecule has 3 aromatic rings. The maximum atomic E-state index is 15.8. The van der Waals surface area contributed by atoms with Gasteiger partial charge in [0.15, 0.2) is 0 Å². The summed E-state index contributed by atoms with van der Waals surface area (Å²) in [5, 5.41) is 1.11. The van der Waals surface area contributed by atoms with Gasteiger partial charge in [-0.15, -0.1) is 0 Å². The molecule has 7 heteroatoms. The van der Waals surface area contributed by atoms with Crippen molar-refractivity contribution in [1.82, 2.24) is 14.8 Å². The lowest BCUT2D eigenvalue weighted by Gasteiger charge is -2.48. The second kappa shape index (κ2) is 9.75. The molecule has 1 N–H and O–H groups in total. The summed E-state index contributed by atoms with van der Waals surface area (Å²) in [4.78, 5) is 7.82. The van der Waals surface area contributed by atoms with E-state index in [1.807, 2.05) is 18.2 Å². The Morgan fingerprint density at radius 3 is 2.47 bits per heavy atom. The number of aromatic amines is 1. The molecule has 5 rings (SSSR count). The largest absolute Gasteiger partial charge is 0.492 e. The van der Waals surface area contributed by atoms with Crippen molar-refractivity contribution in [2.45, 2.75) is 45.7 Å². The Balaban J connectivity index is 1.48. The van der Waals surface area contributed by atoms with Crippen LogP contribution in [0.3, 0.4) is 0 Å². The van der Waals surface area contributed by atoms with Gasteiger partial charge in [-0.1, -0.05) is 32.0 Å². The summed E-state index contributed by atoms with van der Waals surface area (Å²) in [5.74, 6) is -0.606. The number of rotatable bonds is 8. The summed E-state index contributed by atoms with van der Waals surface area (Å²) >= 11 is 0. The fourth-order valence-electron chi connectivity index (χ4n) is 5.89. The number of fused-ring (bicyclic) bond motifs is 3. The molecule has 194 valence electrons. The van der Waals surface area contributed by atoms with Crippen molar-refractivity contribution in [2.75, 3.05) is 39.5 Å². The zero-order valence-electron chi connectivity index (χ0n) is 21.6. The number of nitrogens with one attached hydrogen (secondary N) is 1. The topological polar surface area (TPSA) is 31.5 Å². The van der Waals surface area contributed by atoms with Gasteiger partial charge in [-0.2, -0.15) is 0 Å². The molecule has 0 aliphatic carbocycles. The molecule has 0 radical (unpaired) electrons. The Morgan fingerprint density at radius 1 is 1.11 bits per heavy atom. The predicted molar refractivity (Wildman–Crippen MR) is 137 cm³/mol. The maximum Gasteiger partial charge on any atom is 0.135 e. The highest BCUT2D eigenvalue weighted by Gasteiger charge is 2.44. The quantitative estimate of drug-likeness (QED) is 0.406. The summed E-state index contributed by atoms with van der Waals surface area (Å²) in [6.45, 7) is 11.3. The van der Waals surface area contributed by atoms with E-state index in [0.29, 0.717) is 38.7 Å². The average Bonchev–Trinajstić information content (AvgIpc) is 3.14. The monoisotopic (exact) mass is 499 g/mol. The highest BCUT2D eigenvalue weighted by molar-refractivity contribution is 5.85. The van der Waals surface area contributed by atoms with Crippen molar-refractivity contribution < 1.29 is 17.9 Å². The summed E-state index contributed by atoms with van der Waals surface area (Å²) in [5.41, 5.74) is 2.73. The van der Waals surface area contributed by atoms with E-state index in [2.05, 4.69) is 48.5 Å². The van der Waals surface area contributed by atoms with Crippen molar-refractivity contribution >= 4 is 10.9 Å². The molecule has 1 saturated heterocycles. The molecule has 0 spiro atoms. The molecule has 1 aromatic heterocycles. The number of hydrogen-bond acceptors (Lipinski definition) is 3. The molecule has 0 saturated carbocycles. The van der Waals surface area contributed by atoms with E-state index in [1.54, 1.807) is 0 Å². The normalized spacial score (nSPS) is 20.6. The van der Waals surface area contributed by atoms with Gasteiger partial charge in [-0.05, 0) is 37.8 Å². The molecule has 0 bridgehead atoms. The van der Waals surface area contributed by atoms with Crippen LogP contribution < -0.4 is 4.74 Å². The molecule has 4 nitrogen and oxygen atoms in total. The van der Waals surface area contributed by atoms with Crippen LogP contribution in [0.1, 0.15) is 50.6 Å². The Morgan fingerprint density at radius 2 is 1.81 bits per heavy atom. The average molecular weight is 500 g/mol. The summed E-state index contributed by atoms with van der Waals surface area (Å²) in [7, 11) is 0. The molecular formula is C29H36F3N3O. The van der Waals surface area contributed by atoms with Crippen molar-refractivity contribution in [1.29, 1.82) is 0 Å². The van der Waals surface area contributed by atoms with Crippen molar-refractivity contribution in [3.63, 3.8) is 0 Å². The fraction of sp³-hybridized carbons (Fsp3) is 0.517. The Bertz CT molecular complexity index is 1210. The molecule has 1 fully saturated rings. The molecule has 2 aromatic carbocycles. The van der Waals surface area contributed by atoms with Gasteiger partial charge < -0.3 is 9.72 Å². The van der Waals surface area contributed by atoms with Gasteiger partial charge in [0.1, 0.15) is 24.0 Å². The van der Waals surface area contributed by atoms with Crippen molar-refractivity contribution in [3.05, 3.63) is 64.9 Å². The van der Waals surface area contributed by atoms with Crippen LogP contribution in [0.15, 0.2) is 36.4 Å². The van der Waals surface area contributed by atoms with Gasteiger partial charge in [0.25, 0.3) is 0 Å². The van der Waals surface area contributed by atoms with Gasteiger partial charge in [-0.3, -0.25) is 14.2 Å². The first kappa shape index (κ1) is 25.2. The number of ether oxygens (including phenoxy) is 1. The van der Waals surface area contributed by atoms with Crippen molar-refractivity contribution in [2.24, 2.45) is 11.8 Å². The van der Waals surface area contributed by atoms with Gasteiger partial charge in [0, 0.05) is 71.9 Å². The third-order valence-corrected chi connectivity index (χ3v) is 7.63. The summed E-state index contributed by atoms with van der Waals surface area (Å²) < 4.78 is 49.8. The zero-order chi connectivity index (χ0) is 25.6. The number of likely N-dealkylation sites (tertiary alicyclic amines) is 1. The van der Waals surface area contributed by atoms with E-state index >= 15 is 8.78 Å². The number of benzene rings is 2. The number of aromatic nitrogens is 1. The Labute approximate surface area is 211 Å². The third kappa shape index (κ3) is 4.63. The van der Waals surface area contributed by atoms with Crippen molar-refractivity contribution in [3.8, 4) is 5.75 Å². The fourth-order valence-corrected chi connectivity index (χ4v) is 5.89. The first-order chi connectivity index (χ1) is 17.2. The minimum atomic E-state index is -0.604. The van der Waals surface area contributed by atoms with Crippen LogP contribution >= 0.6 is 0 Å². The molecule has 1 atom stereocenters. The van der Waals surface area contributed by atoms with Crippen LogP contribution in [0.5, 0.6) is 5.75 Å². The number of H-pyrrole nitrogens is 1. The second-order valence-electron chi connectivity index (χ2n) is 11.4. The highest BCUT2D eigenvalue weighted by Crippen LogP contribution is 2.46. The van der Waals surface area contributed by atoms with Crippen LogP contribution in [0, 0.1) is 23.5 Å². The molecule has 1 unspecified atom stereocenters. The van der Waals surface area contributed by atoms with Gasteiger partial charge in [0.05, 0.1) is 12.7 Å². The van der Waals surface area contributed by atoms with Gasteiger partial charge >= 0.3 is 0 Å². The Hall–Kier alpha value is -2.51. The molecular weight excluding hydrogens is 463 g/mol. The minimum absolute atomic E-state index is 0.0529. The smallest absolute Gasteiger partial charge is 0.135 e. The first-order valence-corrected chi connectivity index (χ1v) is 12.9. The Kier molecular flexibility index (Phi) is 6.81. The lowest BCUT2D eigenvalue weighted by Crippen LogP contribution is -2.53. The van der Waals surface area contributed by atoms with Crippen LogP contribution in [-0.4, -0.2) is 59.8 Å². The van der Waals surface area contributed by atoms with Crippen LogP contribution in [0.2, 0.25) is 0 Å². The van der Waals surface area contributed by atoms with E-state index in [9.17, 15) is 4.39 Å². The van der Waals surface area contributed by atoms with Gasteiger partial charge in [-0.25, -0.2) is 8.78 Å². The molecule has 2 aliphatic heterocycles. The van der Waals surface area contributed by atoms with Crippen LogP contribution in [0.25, 0.3) is 10.9 Å². The number of para-hydroxylation sites is 1. The summed E-state index contributed by atoms with van der Waals surface area (Å²) in [6, 6.07) is 10.1. The van der Waals surface area contributed by atoms with Gasteiger partial charge in [0.2, 0.25) is 0 Å². The van der Waals surface area contributed by atoms with E-state index in [1.165, 1.54) is 12.1 Å². The van der Waals surface area contributed by atoms with E-state index in [4.69, 9.17) is 4.74 Å². The van der Waals surface area contributed by atoms with E-state index < -0.39 is 17.7 Å². The summed E-state index contributed by atoms with van der Waals surface area (Å²) in [6.07, 6.45) is 0.791. The predicted octanol–water partition coefficient (Wildman–Crippen LogP) is 6.11. The number of nitrogens with zero attached hydrogens (tertiary/aromatic N) is 2. The standard InChI is InChI=1S/C29H36F3N3O/c1-18(2)15-35-28(27-22(13-29(35,3)4)21-7-5-6-8-25(21)33-27)26-23(31)11-20(12-24(26)32)36-10-9-34-16-19(14-30)17-34/h5-8,11-12,18-19,28,33H,9-10,13-17H2,1-4H3. The first-order valence-electron chi connectivity index (χ1n) is 12.9. The number of hydrogen-bond donors (Lipinski definition) is 1. The van der Waals surface area contributed by atoms with Crippen LogP contribution in [-0.2, 0) is 6.42 Å². The lowest BCUT2D eigenvalue weighted by molar-refractivity contribution is 0.0544. The second-order valence-corrected chi connectivity index (χ2v) is 11.4. The zero-order valence-corrected chi connectivity index (χ0v) is 21.6. The molecule has 3 heterocycles. The highest BCUT2D eigenvalue weighted by atomic mass is 19.1. The third-order valence-electron chi connectivity index (χ3n) is 7.63. The van der Waals surface area contributed by atoms with E-state index in [0.717, 1.165) is 28.6 Å². The maximum absolute atomic E-state index is 15.8.